The fourth-order valence-corrected chi connectivity index (χ4v) is 2.95. The van der Waals surface area contributed by atoms with Crippen LogP contribution in [0.15, 0.2) is 34.4 Å². The Balaban J connectivity index is 2.19. The number of thiazole rings is 1. The van der Waals surface area contributed by atoms with E-state index in [1.807, 2.05) is 48.1 Å². The van der Waals surface area contributed by atoms with Crippen LogP contribution in [0.25, 0.3) is 11.3 Å². The Kier molecular flexibility index (Phi) is 5.59. The van der Waals surface area contributed by atoms with Gasteiger partial charge in [-0.25, -0.2) is 0 Å². The molecular weight excluding hydrogens is 284 g/mol. The second-order valence-corrected chi connectivity index (χ2v) is 6.05. The van der Waals surface area contributed by atoms with Gasteiger partial charge in [0.25, 0.3) is 0 Å². The van der Waals surface area contributed by atoms with E-state index in [4.69, 9.17) is 10.5 Å². The molecule has 2 N–H and O–H groups in total. The summed E-state index contributed by atoms with van der Waals surface area (Å²) in [6, 6.07) is 7.89. The second-order valence-electron chi connectivity index (χ2n) is 5.23. The van der Waals surface area contributed by atoms with Crippen molar-refractivity contribution < 1.29 is 4.74 Å². The van der Waals surface area contributed by atoms with Crippen molar-refractivity contribution in [2.24, 2.45) is 5.73 Å². The highest BCUT2D eigenvalue weighted by molar-refractivity contribution is 7.07. The smallest absolute Gasteiger partial charge is 0.307 e. The highest BCUT2D eigenvalue weighted by atomic mass is 32.1. The average molecular weight is 306 g/mol. The molecule has 0 atom stereocenters. The molecule has 1 heterocycles. The van der Waals surface area contributed by atoms with Gasteiger partial charge in [-0.15, -0.1) is 0 Å². The van der Waals surface area contributed by atoms with Gasteiger partial charge in [-0.3, -0.25) is 9.36 Å². The van der Waals surface area contributed by atoms with Gasteiger partial charge in [0, 0.05) is 11.9 Å². The Labute approximate surface area is 129 Å². The molecule has 1 aromatic heterocycles. The van der Waals surface area contributed by atoms with E-state index in [1.54, 1.807) is 0 Å². The topological polar surface area (TPSA) is 57.2 Å². The van der Waals surface area contributed by atoms with Gasteiger partial charge in [0.1, 0.15) is 5.75 Å². The first-order valence-electron chi connectivity index (χ1n) is 7.27. The number of aromatic nitrogens is 1. The van der Waals surface area contributed by atoms with Crippen LogP contribution in [0.1, 0.15) is 26.7 Å². The van der Waals surface area contributed by atoms with Gasteiger partial charge in [0.2, 0.25) is 0 Å². The van der Waals surface area contributed by atoms with Crippen LogP contribution in [0.2, 0.25) is 0 Å². The third kappa shape index (κ3) is 4.19. The lowest BCUT2D eigenvalue weighted by molar-refractivity contribution is 0.242. The molecule has 114 valence electrons. The molecule has 5 heteroatoms. The summed E-state index contributed by atoms with van der Waals surface area (Å²) in [6.07, 6.45) is 2.02. The molecule has 2 rings (SSSR count). The van der Waals surface area contributed by atoms with Crippen molar-refractivity contribution in [3.05, 3.63) is 39.3 Å². The number of benzene rings is 1. The SMILES string of the molecule is CC(C)Oc1ccc(-c2csc(=O)n2CCCCN)cc1. The zero-order valence-corrected chi connectivity index (χ0v) is 13.4. The van der Waals surface area contributed by atoms with E-state index in [2.05, 4.69) is 0 Å². The Morgan fingerprint density at radius 1 is 1.24 bits per heavy atom. The van der Waals surface area contributed by atoms with Gasteiger partial charge in [-0.05, 0) is 63.1 Å². The van der Waals surface area contributed by atoms with Crippen LogP contribution in [0.5, 0.6) is 5.75 Å². The van der Waals surface area contributed by atoms with Crippen molar-refractivity contribution in [3.63, 3.8) is 0 Å². The number of hydrogen-bond donors (Lipinski definition) is 1. The third-order valence-corrected chi connectivity index (χ3v) is 3.90. The van der Waals surface area contributed by atoms with Gasteiger partial charge in [-0.1, -0.05) is 11.3 Å². The minimum atomic E-state index is 0.0875. The summed E-state index contributed by atoms with van der Waals surface area (Å²) >= 11 is 1.24. The summed E-state index contributed by atoms with van der Waals surface area (Å²) in [5, 5.41) is 1.92. The normalized spacial score (nSPS) is 11.0. The summed E-state index contributed by atoms with van der Waals surface area (Å²) in [5.41, 5.74) is 7.52. The second kappa shape index (κ2) is 7.43. The molecule has 0 amide bonds. The maximum absolute atomic E-state index is 11.9. The molecular formula is C16H22N2O2S. The molecule has 21 heavy (non-hydrogen) atoms. The third-order valence-electron chi connectivity index (χ3n) is 3.14. The van der Waals surface area contributed by atoms with Crippen LogP contribution in [0, 0.1) is 0 Å². The highest BCUT2D eigenvalue weighted by Gasteiger charge is 2.09. The van der Waals surface area contributed by atoms with E-state index in [1.165, 1.54) is 11.3 Å². The van der Waals surface area contributed by atoms with Crippen LogP contribution in [0.4, 0.5) is 0 Å². The fourth-order valence-electron chi connectivity index (χ4n) is 2.16. The zero-order chi connectivity index (χ0) is 15.2. The molecule has 0 spiro atoms. The van der Waals surface area contributed by atoms with Crippen molar-refractivity contribution in [1.29, 1.82) is 0 Å². The molecule has 0 unspecified atom stereocenters. The number of nitrogens with zero attached hydrogens (tertiary/aromatic N) is 1. The van der Waals surface area contributed by atoms with Gasteiger partial charge in [-0.2, -0.15) is 0 Å². The summed E-state index contributed by atoms with van der Waals surface area (Å²) in [4.78, 5) is 12.0. The van der Waals surface area contributed by atoms with E-state index in [0.717, 1.165) is 36.4 Å². The summed E-state index contributed by atoms with van der Waals surface area (Å²) in [6.45, 7) is 5.39. The maximum atomic E-state index is 11.9. The van der Waals surface area contributed by atoms with Crippen molar-refractivity contribution in [2.45, 2.75) is 39.3 Å². The van der Waals surface area contributed by atoms with Gasteiger partial charge in [0.15, 0.2) is 0 Å². The number of rotatable bonds is 7. The zero-order valence-electron chi connectivity index (χ0n) is 12.5. The van der Waals surface area contributed by atoms with Gasteiger partial charge < -0.3 is 10.5 Å². The molecule has 0 saturated heterocycles. The molecule has 0 bridgehead atoms. The van der Waals surface area contributed by atoms with E-state index in [-0.39, 0.29) is 11.0 Å². The first-order valence-corrected chi connectivity index (χ1v) is 8.15. The molecule has 0 aliphatic rings. The lowest BCUT2D eigenvalue weighted by Gasteiger charge is -2.11. The minimum Gasteiger partial charge on any atom is -0.491 e. The van der Waals surface area contributed by atoms with Crippen LogP contribution in [-0.4, -0.2) is 17.2 Å². The van der Waals surface area contributed by atoms with E-state index < -0.39 is 0 Å². The quantitative estimate of drug-likeness (QED) is 0.800. The molecule has 2 aromatic rings. The predicted molar refractivity (Wildman–Crippen MR) is 88.1 cm³/mol. The standard InChI is InChI=1S/C16H22N2O2S/c1-12(2)20-14-7-5-13(6-8-14)15-11-21-16(19)18(15)10-4-3-9-17/h5-8,11-12H,3-4,9-10,17H2,1-2H3. The van der Waals surface area contributed by atoms with E-state index in [0.29, 0.717) is 6.54 Å². The number of nitrogens with two attached hydrogens (primary N) is 1. The number of unbranched alkanes of at least 4 members (excludes halogenated alkanes) is 1. The van der Waals surface area contributed by atoms with Crippen LogP contribution < -0.4 is 15.3 Å². The molecule has 4 nitrogen and oxygen atoms in total. The Morgan fingerprint density at radius 3 is 2.57 bits per heavy atom. The Bertz CT molecular complexity index is 614. The lowest BCUT2D eigenvalue weighted by Crippen LogP contribution is -2.15. The molecule has 0 radical (unpaired) electrons. The highest BCUT2D eigenvalue weighted by Crippen LogP contribution is 2.23. The monoisotopic (exact) mass is 306 g/mol. The average Bonchev–Trinajstić information content (AvgIpc) is 2.81. The van der Waals surface area contributed by atoms with Crippen molar-refractivity contribution in [1.82, 2.24) is 4.57 Å². The van der Waals surface area contributed by atoms with Crippen molar-refractivity contribution in [3.8, 4) is 17.0 Å². The molecule has 0 saturated carbocycles. The van der Waals surface area contributed by atoms with Crippen molar-refractivity contribution >= 4 is 11.3 Å². The molecule has 1 aromatic carbocycles. The number of ether oxygens (including phenoxy) is 1. The molecule has 0 aliphatic carbocycles. The minimum absolute atomic E-state index is 0.0875. The van der Waals surface area contributed by atoms with E-state index >= 15 is 0 Å². The lowest BCUT2D eigenvalue weighted by atomic mass is 10.1. The fraction of sp³-hybridized carbons (Fsp3) is 0.438. The Morgan fingerprint density at radius 2 is 1.95 bits per heavy atom. The van der Waals surface area contributed by atoms with Crippen LogP contribution >= 0.6 is 11.3 Å². The van der Waals surface area contributed by atoms with Gasteiger partial charge in [0.05, 0.1) is 11.8 Å². The molecule has 0 aliphatic heterocycles. The van der Waals surface area contributed by atoms with Crippen molar-refractivity contribution in [2.75, 3.05) is 6.54 Å². The summed E-state index contributed by atoms with van der Waals surface area (Å²) in [5.74, 6) is 0.848. The Hall–Kier alpha value is -1.59. The molecule has 0 fully saturated rings. The summed E-state index contributed by atoms with van der Waals surface area (Å²) in [7, 11) is 0. The first-order chi connectivity index (χ1) is 10.1. The first kappa shape index (κ1) is 15.8. The summed E-state index contributed by atoms with van der Waals surface area (Å²) < 4.78 is 7.47. The van der Waals surface area contributed by atoms with Crippen LogP contribution in [-0.2, 0) is 6.54 Å². The predicted octanol–water partition coefficient (Wildman–Crippen LogP) is 3.10. The maximum Gasteiger partial charge on any atom is 0.307 e. The van der Waals surface area contributed by atoms with Gasteiger partial charge >= 0.3 is 4.87 Å². The van der Waals surface area contributed by atoms with Crippen LogP contribution in [0.3, 0.4) is 0 Å². The van der Waals surface area contributed by atoms with E-state index in [9.17, 15) is 4.79 Å². The largest absolute Gasteiger partial charge is 0.491 e. The number of hydrogen-bond acceptors (Lipinski definition) is 4.